The molecule has 2 aromatic carbocycles. The Morgan fingerprint density at radius 1 is 1.00 bits per heavy atom. The Balaban J connectivity index is 2.16. The minimum Gasteiger partial charge on any atom is -0.423 e. The van der Waals surface area contributed by atoms with Crippen molar-refractivity contribution in [3.63, 3.8) is 0 Å². The number of carbonyl (C=O) groups excluding carboxylic acids is 1. The van der Waals surface area contributed by atoms with Crippen LogP contribution < -0.4 is 5.46 Å². The topological polar surface area (TPSA) is 57.5 Å². The normalized spacial score (nSPS) is 10.1. The molecule has 0 aliphatic carbocycles. The molecule has 2 aromatic rings. The summed E-state index contributed by atoms with van der Waals surface area (Å²) in [6, 6.07) is 15.9. The minimum atomic E-state index is -1.55. The highest BCUT2D eigenvalue weighted by atomic mass is 16.4. The van der Waals surface area contributed by atoms with Gasteiger partial charge in [0.05, 0.1) is 0 Å². The van der Waals surface area contributed by atoms with Gasteiger partial charge in [-0.25, -0.2) is 0 Å². The van der Waals surface area contributed by atoms with E-state index in [2.05, 4.69) is 0 Å². The van der Waals surface area contributed by atoms with Gasteiger partial charge in [-0.2, -0.15) is 0 Å². The molecule has 0 aromatic heterocycles. The maximum Gasteiger partial charge on any atom is 0.488 e. The van der Waals surface area contributed by atoms with Gasteiger partial charge in [0, 0.05) is 12.0 Å². The summed E-state index contributed by atoms with van der Waals surface area (Å²) in [4.78, 5) is 12.0. The van der Waals surface area contributed by atoms with Gasteiger partial charge in [-0.1, -0.05) is 54.6 Å². The van der Waals surface area contributed by atoms with E-state index in [1.807, 2.05) is 30.3 Å². The molecule has 0 fully saturated rings. The van der Waals surface area contributed by atoms with Crippen molar-refractivity contribution in [3.8, 4) is 0 Å². The van der Waals surface area contributed by atoms with Crippen LogP contribution in [0.15, 0.2) is 54.6 Å². The Morgan fingerprint density at radius 3 is 2.39 bits per heavy atom. The molecule has 0 saturated carbocycles. The van der Waals surface area contributed by atoms with Crippen LogP contribution in [0.3, 0.4) is 0 Å². The van der Waals surface area contributed by atoms with Crippen molar-refractivity contribution in [2.75, 3.05) is 0 Å². The highest BCUT2D eigenvalue weighted by Gasteiger charge is 2.13. The lowest BCUT2D eigenvalue weighted by Crippen LogP contribution is -2.30. The molecule has 0 saturated heterocycles. The van der Waals surface area contributed by atoms with Gasteiger partial charge < -0.3 is 10.0 Å². The number of ketones is 1. The van der Waals surface area contributed by atoms with Crippen molar-refractivity contribution in [2.24, 2.45) is 0 Å². The molecule has 0 heterocycles. The second-order valence-electron chi connectivity index (χ2n) is 4.08. The SMILES string of the molecule is O=C(Cc1ccccc1)c1cccc(B(O)O)c1. The Hall–Kier alpha value is -1.91. The Morgan fingerprint density at radius 2 is 1.72 bits per heavy atom. The zero-order chi connectivity index (χ0) is 13.0. The average Bonchev–Trinajstić information content (AvgIpc) is 2.40. The Kier molecular flexibility index (Phi) is 3.92. The average molecular weight is 240 g/mol. The van der Waals surface area contributed by atoms with Crippen LogP contribution in [-0.4, -0.2) is 22.9 Å². The number of hydrogen-bond acceptors (Lipinski definition) is 3. The standard InChI is InChI=1S/C14H13BO3/c16-14(9-11-5-2-1-3-6-11)12-7-4-8-13(10-12)15(17)18/h1-8,10,17-18H,9H2. The van der Waals surface area contributed by atoms with Gasteiger partial charge >= 0.3 is 7.12 Å². The van der Waals surface area contributed by atoms with Crippen molar-refractivity contribution in [1.29, 1.82) is 0 Å². The van der Waals surface area contributed by atoms with Gasteiger partial charge in [-0.15, -0.1) is 0 Å². The van der Waals surface area contributed by atoms with Gasteiger partial charge in [0.2, 0.25) is 0 Å². The largest absolute Gasteiger partial charge is 0.488 e. The van der Waals surface area contributed by atoms with Gasteiger partial charge in [0.1, 0.15) is 0 Å². The number of rotatable bonds is 4. The summed E-state index contributed by atoms with van der Waals surface area (Å²) in [6.45, 7) is 0. The second-order valence-corrected chi connectivity index (χ2v) is 4.08. The van der Waals surface area contributed by atoms with Crippen molar-refractivity contribution >= 4 is 18.4 Å². The fraction of sp³-hybridized carbons (Fsp3) is 0.0714. The van der Waals surface area contributed by atoms with Crippen LogP contribution >= 0.6 is 0 Å². The molecule has 0 atom stereocenters. The smallest absolute Gasteiger partial charge is 0.423 e. The summed E-state index contributed by atoms with van der Waals surface area (Å²) in [5.41, 5.74) is 1.76. The number of carbonyl (C=O) groups is 1. The highest BCUT2D eigenvalue weighted by molar-refractivity contribution is 6.58. The first-order valence-corrected chi connectivity index (χ1v) is 5.70. The van der Waals surface area contributed by atoms with E-state index in [0.717, 1.165) is 5.56 Å². The lowest BCUT2D eigenvalue weighted by atomic mass is 9.79. The van der Waals surface area contributed by atoms with Crippen LogP contribution in [0.4, 0.5) is 0 Å². The van der Waals surface area contributed by atoms with Crippen LogP contribution in [0.2, 0.25) is 0 Å². The zero-order valence-electron chi connectivity index (χ0n) is 9.78. The molecule has 2 rings (SSSR count). The van der Waals surface area contributed by atoms with Crippen molar-refractivity contribution in [1.82, 2.24) is 0 Å². The summed E-state index contributed by atoms with van der Waals surface area (Å²) >= 11 is 0. The lowest BCUT2D eigenvalue weighted by Gasteiger charge is -2.04. The Bertz CT molecular complexity index is 538. The first-order chi connectivity index (χ1) is 8.66. The van der Waals surface area contributed by atoms with E-state index >= 15 is 0 Å². The van der Waals surface area contributed by atoms with Crippen LogP contribution in [0.25, 0.3) is 0 Å². The second kappa shape index (κ2) is 5.62. The molecule has 0 spiro atoms. The van der Waals surface area contributed by atoms with Crippen LogP contribution in [0, 0.1) is 0 Å². The van der Waals surface area contributed by atoms with E-state index in [9.17, 15) is 4.79 Å². The Labute approximate surface area is 106 Å². The van der Waals surface area contributed by atoms with Crippen molar-refractivity contribution in [3.05, 3.63) is 65.7 Å². The summed E-state index contributed by atoms with van der Waals surface area (Å²) in [6.07, 6.45) is 0.311. The maximum absolute atomic E-state index is 12.0. The van der Waals surface area contributed by atoms with Crippen LogP contribution in [0.1, 0.15) is 15.9 Å². The van der Waals surface area contributed by atoms with Crippen molar-refractivity contribution in [2.45, 2.75) is 6.42 Å². The molecule has 3 nitrogen and oxygen atoms in total. The quantitative estimate of drug-likeness (QED) is 0.613. The fourth-order valence-corrected chi connectivity index (χ4v) is 1.76. The van der Waals surface area contributed by atoms with Gasteiger partial charge in [-0.05, 0) is 11.0 Å². The van der Waals surface area contributed by atoms with Gasteiger partial charge in [-0.3, -0.25) is 4.79 Å². The summed E-state index contributed by atoms with van der Waals surface area (Å²) in [5.74, 6) is -0.0382. The highest BCUT2D eigenvalue weighted by Crippen LogP contribution is 2.06. The molecule has 18 heavy (non-hydrogen) atoms. The molecule has 0 aliphatic rings. The predicted octanol–water partition coefficient (Wildman–Crippen LogP) is 0.792. The van der Waals surface area contributed by atoms with Gasteiger partial charge in [0.15, 0.2) is 5.78 Å². The molecular formula is C14H13BO3. The summed E-state index contributed by atoms with van der Waals surface area (Å²) < 4.78 is 0. The predicted molar refractivity (Wildman–Crippen MR) is 70.7 cm³/mol. The third-order valence-corrected chi connectivity index (χ3v) is 2.71. The number of Topliss-reactive ketones (excluding diaryl/α,β-unsaturated/α-hetero) is 1. The lowest BCUT2D eigenvalue weighted by molar-refractivity contribution is 0.0993. The van der Waals surface area contributed by atoms with Gasteiger partial charge in [0.25, 0.3) is 0 Å². The molecule has 90 valence electrons. The third kappa shape index (κ3) is 3.06. The molecule has 4 heteroatoms. The summed E-state index contributed by atoms with van der Waals surface area (Å²) in [7, 11) is -1.55. The van der Waals surface area contributed by atoms with E-state index in [1.165, 1.54) is 6.07 Å². The van der Waals surface area contributed by atoms with E-state index in [0.29, 0.717) is 17.4 Å². The zero-order valence-corrected chi connectivity index (χ0v) is 9.78. The van der Waals surface area contributed by atoms with E-state index in [-0.39, 0.29) is 5.78 Å². The molecule has 0 aliphatic heterocycles. The number of benzene rings is 2. The van der Waals surface area contributed by atoms with Crippen LogP contribution in [0.5, 0.6) is 0 Å². The molecule has 0 radical (unpaired) electrons. The molecule has 0 unspecified atom stereocenters. The fourth-order valence-electron chi connectivity index (χ4n) is 1.76. The van der Waals surface area contributed by atoms with Crippen LogP contribution in [-0.2, 0) is 6.42 Å². The van der Waals surface area contributed by atoms with E-state index in [4.69, 9.17) is 10.0 Å². The van der Waals surface area contributed by atoms with E-state index in [1.54, 1.807) is 18.2 Å². The summed E-state index contributed by atoms with van der Waals surface area (Å²) in [5, 5.41) is 18.1. The first-order valence-electron chi connectivity index (χ1n) is 5.70. The monoisotopic (exact) mass is 240 g/mol. The molecule has 0 amide bonds. The minimum absolute atomic E-state index is 0.0382. The maximum atomic E-state index is 12.0. The third-order valence-electron chi connectivity index (χ3n) is 2.71. The number of hydrogen-bond donors (Lipinski definition) is 2. The van der Waals surface area contributed by atoms with E-state index < -0.39 is 7.12 Å². The molecule has 0 bridgehead atoms. The molecular weight excluding hydrogens is 227 g/mol. The first kappa shape index (κ1) is 12.5. The molecule has 2 N–H and O–H groups in total. The van der Waals surface area contributed by atoms with Crippen molar-refractivity contribution < 1.29 is 14.8 Å².